The molecule has 4 rings (SSSR count). The van der Waals surface area contributed by atoms with Gasteiger partial charge in [-0.3, -0.25) is 4.90 Å². The Labute approximate surface area is 196 Å². The molecule has 180 valence electrons. The van der Waals surface area contributed by atoms with Crippen LogP contribution >= 0.6 is 0 Å². The fraction of sp³-hybridized carbons (Fsp3) is 0.778. The largest absolute Gasteiger partial charge is 0.383 e. The van der Waals surface area contributed by atoms with Crippen molar-refractivity contribution < 1.29 is 9.47 Å². The van der Waals surface area contributed by atoms with Crippen molar-refractivity contribution in [1.29, 1.82) is 0 Å². The molecule has 2 atom stereocenters. The van der Waals surface area contributed by atoms with Crippen molar-refractivity contribution >= 4 is 11.4 Å². The first kappa shape index (κ1) is 23.8. The van der Waals surface area contributed by atoms with Crippen LogP contribution in [0.5, 0.6) is 0 Å². The topological polar surface area (TPSA) is 28.2 Å². The highest BCUT2D eigenvalue weighted by Crippen LogP contribution is 2.45. The molecule has 1 aromatic rings. The molecule has 1 aliphatic carbocycles. The van der Waals surface area contributed by atoms with Gasteiger partial charge in [-0.1, -0.05) is 13.8 Å². The monoisotopic (exact) mass is 443 g/mol. The average Bonchev–Trinajstić information content (AvgIpc) is 2.77. The van der Waals surface area contributed by atoms with E-state index < -0.39 is 0 Å². The third-order valence-corrected chi connectivity index (χ3v) is 7.90. The van der Waals surface area contributed by atoms with Crippen LogP contribution in [0.4, 0.5) is 11.4 Å². The van der Waals surface area contributed by atoms with Crippen LogP contribution < -0.4 is 9.80 Å². The Morgan fingerprint density at radius 2 is 1.62 bits per heavy atom. The molecule has 32 heavy (non-hydrogen) atoms. The summed E-state index contributed by atoms with van der Waals surface area (Å²) >= 11 is 0. The van der Waals surface area contributed by atoms with E-state index in [4.69, 9.17) is 9.47 Å². The third kappa shape index (κ3) is 5.78. The van der Waals surface area contributed by atoms with Gasteiger partial charge in [0.05, 0.1) is 18.8 Å². The van der Waals surface area contributed by atoms with Crippen molar-refractivity contribution in [3.8, 4) is 0 Å². The fourth-order valence-electron chi connectivity index (χ4n) is 5.89. The number of ether oxygens (including phenoxy) is 2. The number of rotatable bonds is 6. The Balaban J connectivity index is 1.55. The second kappa shape index (κ2) is 10.3. The summed E-state index contributed by atoms with van der Waals surface area (Å²) in [5.41, 5.74) is 4.96. The van der Waals surface area contributed by atoms with Crippen molar-refractivity contribution in [2.45, 2.75) is 71.5 Å². The molecule has 0 aromatic heterocycles. The maximum atomic E-state index is 6.00. The first-order valence-electron chi connectivity index (χ1n) is 12.9. The molecular formula is C27H45N3O2. The van der Waals surface area contributed by atoms with Gasteiger partial charge in [0.2, 0.25) is 0 Å². The molecule has 0 radical (unpaired) electrons. The summed E-state index contributed by atoms with van der Waals surface area (Å²) in [6.07, 6.45) is 5.87. The van der Waals surface area contributed by atoms with Gasteiger partial charge >= 0.3 is 0 Å². The molecule has 0 unspecified atom stereocenters. The number of benzene rings is 1. The molecule has 0 spiro atoms. The minimum atomic E-state index is 0.289. The molecule has 1 aromatic carbocycles. The summed E-state index contributed by atoms with van der Waals surface area (Å²) < 4.78 is 11.3. The summed E-state index contributed by atoms with van der Waals surface area (Å²) in [6.45, 7) is 17.6. The van der Waals surface area contributed by atoms with Crippen LogP contribution in [0.3, 0.4) is 0 Å². The summed E-state index contributed by atoms with van der Waals surface area (Å²) in [5, 5.41) is 0. The minimum Gasteiger partial charge on any atom is -0.383 e. The lowest BCUT2D eigenvalue weighted by atomic mass is 9.71. The van der Waals surface area contributed by atoms with Crippen LogP contribution in [0, 0.1) is 5.41 Å². The van der Waals surface area contributed by atoms with Crippen LogP contribution in [-0.4, -0.2) is 76.6 Å². The van der Waals surface area contributed by atoms with Crippen LogP contribution in [-0.2, 0) is 9.47 Å². The number of methoxy groups -OCH3 is 1. The number of nitrogens with zero attached hydrogens (tertiary/aromatic N) is 3. The maximum absolute atomic E-state index is 6.00. The van der Waals surface area contributed by atoms with Gasteiger partial charge in [0.25, 0.3) is 0 Å². The molecule has 5 heteroatoms. The van der Waals surface area contributed by atoms with E-state index in [0.29, 0.717) is 11.3 Å². The smallest absolute Gasteiger partial charge is 0.0726 e. The lowest BCUT2D eigenvalue weighted by Gasteiger charge is -2.41. The highest BCUT2D eigenvalue weighted by molar-refractivity contribution is 5.64. The zero-order valence-corrected chi connectivity index (χ0v) is 21.1. The third-order valence-electron chi connectivity index (χ3n) is 7.90. The SMILES string of the molecule is COCCN1CCN(c2ccc(N3C[C@@H](C)O[C@@H](C)C3)cc2C2CCC(C)(C)CC2)CC1. The second-order valence-corrected chi connectivity index (χ2v) is 11.2. The number of anilines is 2. The molecule has 5 nitrogen and oxygen atoms in total. The molecule has 3 aliphatic rings. The van der Waals surface area contributed by atoms with Gasteiger partial charge in [-0.15, -0.1) is 0 Å². The van der Waals surface area contributed by atoms with E-state index in [1.54, 1.807) is 12.7 Å². The van der Waals surface area contributed by atoms with E-state index in [1.807, 2.05) is 0 Å². The standard InChI is InChI=1S/C27H45N3O2/c1-21-19-30(20-22(2)32-21)24-6-7-26(29-14-12-28(13-15-29)16-17-31-5)25(18-24)23-8-10-27(3,4)11-9-23/h6-7,18,21-23H,8-17,19-20H2,1-5H3/t21-,22+. The molecule has 0 N–H and O–H groups in total. The van der Waals surface area contributed by atoms with Crippen LogP contribution in [0.1, 0.15) is 64.9 Å². The second-order valence-electron chi connectivity index (χ2n) is 11.2. The Kier molecular flexibility index (Phi) is 7.69. The number of piperazine rings is 1. The quantitative estimate of drug-likeness (QED) is 0.633. The van der Waals surface area contributed by atoms with Gasteiger partial charge in [-0.25, -0.2) is 0 Å². The van der Waals surface area contributed by atoms with Gasteiger partial charge in [-0.05, 0) is 74.6 Å². The first-order chi connectivity index (χ1) is 15.3. The molecule has 2 saturated heterocycles. The van der Waals surface area contributed by atoms with Gasteiger partial charge < -0.3 is 19.3 Å². The maximum Gasteiger partial charge on any atom is 0.0726 e. The van der Waals surface area contributed by atoms with Crippen LogP contribution in [0.2, 0.25) is 0 Å². The summed E-state index contributed by atoms with van der Waals surface area (Å²) in [4.78, 5) is 7.72. The average molecular weight is 444 g/mol. The molecule has 3 fully saturated rings. The Hall–Kier alpha value is -1.30. The highest BCUT2D eigenvalue weighted by Gasteiger charge is 2.31. The van der Waals surface area contributed by atoms with Gasteiger partial charge in [-0.2, -0.15) is 0 Å². The van der Waals surface area contributed by atoms with Crippen molar-refractivity contribution in [2.24, 2.45) is 5.41 Å². The van der Waals surface area contributed by atoms with Crippen molar-refractivity contribution in [3.05, 3.63) is 23.8 Å². The Bertz CT molecular complexity index is 724. The fourth-order valence-corrected chi connectivity index (χ4v) is 5.89. The van der Waals surface area contributed by atoms with Crippen LogP contribution in [0.25, 0.3) is 0 Å². The van der Waals surface area contributed by atoms with Crippen molar-refractivity contribution in [2.75, 3.05) is 69.3 Å². The number of hydrogen-bond acceptors (Lipinski definition) is 5. The first-order valence-corrected chi connectivity index (χ1v) is 12.9. The Morgan fingerprint density at radius 3 is 2.25 bits per heavy atom. The predicted octanol–water partition coefficient (Wildman–Crippen LogP) is 4.75. The molecular weight excluding hydrogens is 398 g/mol. The van der Waals surface area contributed by atoms with E-state index in [2.05, 4.69) is 60.6 Å². The zero-order valence-electron chi connectivity index (χ0n) is 21.1. The number of morpholine rings is 1. The van der Waals surface area contributed by atoms with Gasteiger partial charge in [0, 0.05) is 64.3 Å². The van der Waals surface area contributed by atoms with Crippen molar-refractivity contribution in [3.63, 3.8) is 0 Å². The van der Waals surface area contributed by atoms with E-state index in [1.165, 1.54) is 37.1 Å². The van der Waals surface area contributed by atoms with E-state index in [-0.39, 0.29) is 12.2 Å². The Morgan fingerprint density at radius 1 is 0.969 bits per heavy atom. The van der Waals surface area contributed by atoms with E-state index >= 15 is 0 Å². The van der Waals surface area contributed by atoms with Gasteiger partial charge in [0.1, 0.15) is 0 Å². The van der Waals surface area contributed by atoms with Crippen LogP contribution in [0.15, 0.2) is 18.2 Å². The van der Waals surface area contributed by atoms with Crippen molar-refractivity contribution in [1.82, 2.24) is 4.90 Å². The lowest BCUT2D eigenvalue weighted by Crippen LogP contribution is -2.48. The lowest BCUT2D eigenvalue weighted by molar-refractivity contribution is -0.00522. The van der Waals surface area contributed by atoms with E-state index in [0.717, 1.165) is 52.4 Å². The minimum absolute atomic E-state index is 0.289. The molecule has 1 saturated carbocycles. The molecule has 0 amide bonds. The molecule has 2 heterocycles. The van der Waals surface area contributed by atoms with E-state index in [9.17, 15) is 0 Å². The highest BCUT2D eigenvalue weighted by atomic mass is 16.5. The normalized spacial score (nSPS) is 27.7. The molecule has 0 bridgehead atoms. The number of hydrogen-bond donors (Lipinski definition) is 0. The predicted molar refractivity (Wildman–Crippen MR) is 134 cm³/mol. The summed E-state index contributed by atoms with van der Waals surface area (Å²) in [5.74, 6) is 0.681. The summed E-state index contributed by atoms with van der Waals surface area (Å²) in [6, 6.07) is 7.34. The zero-order chi connectivity index (χ0) is 22.7. The van der Waals surface area contributed by atoms with Gasteiger partial charge in [0.15, 0.2) is 0 Å². The summed E-state index contributed by atoms with van der Waals surface area (Å²) in [7, 11) is 1.80. The molecule has 2 aliphatic heterocycles.